The first-order chi connectivity index (χ1) is 11.5. The van der Waals surface area contributed by atoms with Gasteiger partial charge in [-0.3, -0.25) is 5.32 Å². The lowest BCUT2D eigenvalue weighted by molar-refractivity contribution is 0.187. The van der Waals surface area contributed by atoms with Crippen LogP contribution in [0.4, 0.5) is 15.3 Å². The maximum Gasteiger partial charge on any atom is 0.411 e. The van der Waals surface area contributed by atoms with Crippen LogP contribution in [0.25, 0.3) is 0 Å². The topological polar surface area (TPSA) is 96.7 Å². The number of hydrogen-bond acceptors (Lipinski definition) is 5. The Morgan fingerprint density at radius 2 is 2.00 bits per heavy atom. The number of aryl methyl sites for hydroxylation is 1. The van der Waals surface area contributed by atoms with Crippen LogP contribution in [0.1, 0.15) is 17.0 Å². The molecule has 1 aromatic heterocycles. The van der Waals surface area contributed by atoms with Gasteiger partial charge >= 0.3 is 12.1 Å². The molecule has 0 unspecified atom stereocenters. The quantitative estimate of drug-likeness (QED) is 0.877. The summed E-state index contributed by atoms with van der Waals surface area (Å²) in [4.78, 5) is 24.7. The zero-order valence-corrected chi connectivity index (χ0v) is 13.8. The van der Waals surface area contributed by atoms with Gasteiger partial charge in [-0.25, -0.2) is 9.59 Å². The summed E-state index contributed by atoms with van der Waals surface area (Å²) >= 11 is 0. The molecule has 0 aliphatic rings. The van der Waals surface area contributed by atoms with Crippen LogP contribution in [0, 0.1) is 6.92 Å². The van der Waals surface area contributed by atoms with Crippen LogP contribution in [-0.4, -0.2) is 36.3 Å². The molecule has 2 N–H and O–H groups in total. The van der Waals surface area contributed by atoms with Gasteiger partial charge in [0, 0.05) is 25.3 Å². The number of amides is 3. The third kappa shape index (κ3) is 5.01. The van der Waals surface area contributed by atoms with Gasteiger partial charge in [-0.15, -0.1) is 0 Å². The molecule has 1 aromatic carbocycles. The molecule has 0 radical (unpaired) electrons. The van der Waals surface area contributed by atoms with Crippen molar-refractivity contribution in [2.24, 2.45) is 0 Å². The molecule has 128 valence electrons. The number of aromatic nitrogens is 1. The smallest absolute Gasteiger partial charge is 0.411 e. The number of anilines is 1. The van der Waals surface area contributed by atoms with E-state index in [4.69, 9.17) is 4.52 Å². The van der Waals surface area contributed by atoms with Crippen molar-refractivity contribution in [3.63, 3.8) is 0 Å². The molecule has 1 heterocycles. The Morgan fingerprint density at radius 3 is 2.58 bits per heavy atom. The standard InChI is InChI=1S/C16H20N4O4/c1-11-8-14(19-24-11)10-20(2)15(21)17-9-12-4-6-13(7-5-12)18-16(22)23-3/h4-8H,9-10H2,1-3H3,(H,17,21)(H,18,22). The van der Waals surface area contributed by atoms with Crippen molar-refractivity contribution in [3.8, 4) is 0 Å². The fourth-order valence-corrected chi connectivity index (χ4v) is 1.99. The zero-order valence-electron chi connectivity index (χ0n) is 13.8. The van der Waals surface area contributed by atoms with E-state index in [1.807, 2.05) is 12.1 Å². The molecule has 0 aliphatic heterocycles. The molecule has 0 spiro atoms. The summed E-state index contributed by atoms with van der Waals surface area (Å²) < 4.78 is 9.49. The van der Waals surface area contributed by atoms with Gasteiger partial charge in [0.2, 0.25) is 0 Å². The summed E-state index contributed by atoms with van der Waals surface area (Å²) in [5.41, 5.74) is 2.23. The molecule has 2 aromatic rings. The lowest BCUT2D eigenvalue weighted by Gasteiger charge is -2.16. The second-order valence-electron chi connectivity index (χ2n) is 5.26. The van der Waals surface area contributed by atoms with Crippen LogP contribution in [0.5, 0.6) is 0 Å². The average molecular weight is 332 g/mol. The first-order valence-electron chi connectivity index (χ1n) is 7.33. The molecule has 0 bridgehead atoms. The lowest BCUT2D eigenvalue weighted by Crippen LogP contribution is -2.36. The van der Waals surface area contributed by atoms with Crippen molar-refractivity contribution in [1.82, 2.24) is 15.4 Å². The fourth-order valence-electron chi connectivity index (χ4n) is 1.99. The van der Waals surface area contributed by atoms with Crippen LogP contribution < -0.4 is 10.6 Å². The van der Waals surface area contributed by atoms with Gasteiger partial charge in [0.25, 0.3) is 0 Å². The summed E-state index contributed by atoms with van der Waals surface area (Å²) in [6.45, 7) is 2.54. The molecule has 0 aliphatic carbocycles. The SMILES string of the molecule is COC(=O)Nc1ccc(CNC(=O)N(C)Cc2cc(C)on2)cc1. The number of nitrogens with zero attached hydrogens (tertiary/aromatic N) is 2. The van der Waals surface area contributed by atoms with Gasteiger partial charge in [-0.05, 0) is 24.6 Å². The molecule has 0 saturated heterocycles. The van der Waals surface area contributed by atoms with E-state index in [0.717, 1.165) is 5.56 Å². The highest BCUT2D eigenvalue weighted by Crippen LogP contribution is 2.10. The average Bonchev–Trinajstić information content (AvgIpc) is 2.98. The Bertz CT molecular complexity index is 696. The van der Waals surface area contributed by atoms with E-state index < -0.39 is 6.09 Å². The minimum atomic E-state index is -0.527. The summed E-state index contributed by atoms with van der Waals surface area (Å²) in [6.07, 6.45) is -0.527. The van der Waals surface area contributed by atoms with E-state index >= 15 is 0 Å². The first kappa shape index (κ1) is 17.3. The number of nitrogens with one attached hydrogen (secondary N) is 2. The summed E-state index contributed by atoms with van der Waals surface area (Å²) in [5, 5.41) is 9.23. The normalized spacial score (nSPS) is 10.1. The fraction of sp³-hybridized carbons (Fsp3) is 0.312. The van der Waals surface area contributed by atoms with Gasteiger partial charge in [0.1, 0.15) is 11.5 Å². The largest absolute Gasteiger partial charge is 0.453 e. The van der Waals surface area contributed by atoms with E-state index in [9.17, 15) is 9.59 Å². The summed E-state index contributed by atoms with van der Waals surface area (Å²) in [7, 11) is 2.98. The van der Waals surface area contributed by atoms with E-state index in [1.165, 1.54) is 12.0 Å². The molecule has 8 nitrogen and oxygen atoms in total. The highest BCUT2D eigenvalue weighted by atomic mass is 16.5. The molecule has 3 amide bonds. The highest BCUT2D eigenvalue weighted by molar-refractivity contribution is 5.84. The van der Waals surface area contributed by atoms with Crippen LogP contribution in [0.15, 0.2) is 34.9 Å². The van der Waals surface area contributed by atoms with Crippen molar-refractivity contribution in [3.05, 3.63) is 47.3 Å². The van der Waals surface area contributed by atoms with Gasteiger partial charge in [-0.2, -0.15) is 0 Å². The number of ether oxygens (including phenoxy) is 1. The van der Waals surface area contributed by atoms with Crippen molar-refractivity contribution in [2.75, 3.05) is 19.5 Å². The number of carbonyl (C=O) groups is 2. The Hall–Kier alpha value is -3.03. The first-order valence-corrected chi connectivity index (χ1v) is 7.33. The Labute approximate surface area is 139 Å². The lowest BCUT2D eigenvalue weighted by atomic mass is 10.2. The minimum Gasteiger partial charge on any atom is -0.453 e. The van der Waals surface area contributed by atoms with E-state index in [1.54, 1.807) is 32.2 Å². The van der Waals surface area contributed by atoms with Gasteiger partial charge in [0.15, 0.2) is 0 Å². The van der Waals surface area contributed by atoms with Crippen molar-refractivity contribution in [2.45, 2.75) is 20.0 Å². The van der Waals surface area contributed by atoms with Crippen molar-refractivity contribution in [1.29, 1.82) is 0 Å². The number of carbonyl (C=O) groups excluding carboxylic acids is 2. The second kappa shape index (κ2) is 8.00. The van der Waals surface area contributed by atoms with Gasteiger partial charge < -0.3 is 19.5 Å². The monoisotopic (exact) mass is 332 g/mol. The predicted molar refractivity (Wildman–Crippen MR) is 87.4 cm³/mol. The number of benzene rings is 1. The van der Waals surface area contributed by atoms with E-state index in [-0.39, 0.29) is 6.03 Å². The maximum atomic E-state index is 12.1. The van der Waals surface area contributed by atoms with Crippen molar-refractivity contribution >= 4 is 17.8 Å². The maximum absolute atomic E-state index is 12.1. The Kier molecular flexibility index (Phi) is 5.78. The molecule has 0 saturated carbocycles. The number of hydrogen-bond donors (Lipinski definition) is 2. The minimum absolute atomic E-state index is 0.215. The molecule has 24 heavy (non-hydrogen) atoms. The molecule has 0 fully saturated rings. The molecular formula is C16H20N4O4. The molecule has 2 rings (SSSR count). The summed E-state index contributed by atoms with van der Waals surface area (Å²) in [6, 6.07) is 8.67. The van der Waals surface area contributed by atoms with E-state index in [2.05, 4.69) is 20.5 Å². The Morgan fingerprint density at radius 1 is 1.29 bits per heavy atom. The highest BCUT2D eigenvalue weighted by Gasteiger charge is 2.11. The van der Waals surface area contributed by atoms with Crippen molar-refractivity contribution < 1.29 is 18.8 Å². The van der Waals surface area contributed by atoms with Crippen LogP contribution >= 0.6 is 0 Å². The van der Waals surface area contributed by atoms with Gasteiger partial charge in [-0.1, -0.05) is 17.3 Å². The third-order valence-electron chi connectivity index (χ3n) is 3.25. The number of methoxy groups -OCH3 is 1. The molecule has 8 heteroatoms. The third-order valence-corrected chi connectivity index (χ3v) is 3.25. The van der Waals surface area contributed by atoms with E-state index in [0.29, 0.717) is 30.2 Å². The molecule has 0 atom stereocenters. The van der Waals surface area contributed by atoms with Gasteiger partial charge in [0.05, 0.1) is 13.7 Å². The predicted octanol–water partition coefficient (Wildman–Crippen LogP) is 2.50. The van der Waals surface area contributed by atoms with Crippen LogP contribution in [-0.2, 0) is 17.8 Å². The molecular weight excluding hydrogens is 312 g/mol. The zero-order chi connectivity index (χ0) is 17.5. The van der Waals surface area contributed by atoms with Crippen LogP contribution in [0.2, 0.25) is 0 Å². The second-order valence-corrected chi connectivity index (χ2v) is 5.26. The van der Waals surface area contributed by atoms with Crippen LogP contribution in [0.3, 0.4) is 0 Å². The number of urea groups is 1. The Balaban J connectivity index is 1.81. The summed E-state index contributed by atoms with van der Waals surface area (Å²) in [5.74, 6) is 0.708. The number of rotatable bonds is 5.